The molecule has 0 saturated heterocycles. The molecule has 0 spiro atoms. The van der Waals surface area contributed by atoms with Gasteiger partial charge in [0, 0.05) is 17.8 Å². The maximum atomic E-state index is 5.18. The fourth-order valence-electron chi connectivity index (χ4n) is 1.97. The van der Waals surface area contributed by atoms with Gasteiger partial charge in [-0.05, 0) is 57.6 Å². The first-order chi connectivity index (χ1) is 11.0. The van der Waals surface area contributed by atoms with Crippen LogP contribution in [-0.4, -0.2) is 43.7 Å². The van der Waals surface area contributed by atoms with Gasteiger partial charge in [-0.1, -0.05) is 12.1 Å². The summed E-state index contributed by atoms with van der Waals surface area (Å²) in [6, 6.07) is 8.27. The van der Waals surface area contributed by atoms with Crippen molar-refractivity contribution >= 4 is 41.7 Å². The fraction of sp³-hybridized carbons (Fsp3) is 0.611. The molecule has 0 atom stereocenters. The number of hydrogen-bond acceptors (Lipinski definition) is 3. The van der Waals surface area contributed by atoms with Crippen LogP contribution in [0, 0.1) is 0 Å². The number of nitrogens with one attached hydrogen (secondary N) is 2. The van der Waals surface area contributed by atoms with Crippen molar-refractivity contribution < 1.29 is 4.74 Å². The number of hydrogen-bond donors (Lipinski definition) is 2. The molecule has 6 heteroatoms. The average Bonchev–Trinajstić information content (AvgIpc) is 2.57. The van der Waals surface area contributed by atoms with Crippen LogP contribution in [0.2, 0.25) is 0 Å². The number of aliphatic imine (C=N–C) groups is 1. The van der Waals surface area contributed by atoms with E-state index in [0.29, 0.717) is 0 Å². The zero-order chi connectivity index (χ0) is 17.1. The molecular formula is C18H32IN3OS. The van der Waals surface area contributed by atoms with E-state index in [1.807, 2.05) is 23.9 Å². The van der Waals surface area contributed by atoms with Gasteiger partial charge in [0.2, 0.25) is 0 Å². The first kappa shape index (κ1) is 23.4. The SMILES string of the molecule is CCNC(=NCC(C)(C)SC)NCCCc1ccc(OC)cc1.I. The highest BCUT2D eigenvalue weighted by atomic mass is 127. The van der Waals surface area contributed by atoms with Crippen LogP contribution >= 0.6 is 35.7 Å². The van der Waals surface area contributed by atoms with Crippen LogP contribution in [0.3, 0.4) is 0 Å². The van der Waals surface area contributed by atoms with Crippen molar-refractivity contribution in [3.05, 3.63) is 29.8 Å². The van der Waals surface area contributed by atoms with Gasteiger partial charge in [0.15, 0.2) is 5.96 Å². The Bertz CT molecular complexity index is 478. The molecule has 0 radical (unpaired) electrons. The Morgan fingerprint density at radius 2 is 1.88 bits per heavy atom. The Morgan fingerprint density at radius 1 is 1.21 bits per heavy atom. The maximum Gasteiger partial charge on any atom is 0.191 e. The molecule has 24 heavy (non-hydrogen) atoms. The van der Waals surface area contributed by atoms with E-state index in [9.17, 15) is 0 Å². The molecule has 2 N–H and O–H groups in total. The second kappa shape index (κ2) is 12.7. The number of halogens is 1. The Balaban J connectivity index is 0.00000529. The number of methoxy groups -OCH3 is 1. The van der Waals surface area contributed by atoms with Crippen LogP contribution in [0.25, 0.3) is 0 Å². The summed E-state index contributed by atoms with van der Waals surface area (Å²) < 4.78 is 5.35. The lowest BCUT2D eigenvalue weighted by molar-refractivity contribution is 0.414. The minimum absolute atomic E-state index is 0. The molecule has 0 heterocycles. The van der Waals surface area contributed by atoms with Crippen LogP contribution in [0.15, 0.2) is 29.3 Å². The quantitative estimate of drug-likeness (QED) is 0.251. The maximum absolute atomic E-state index is 5.18. The third kappa shape index (κ3) is 9.61. The third-order valence-corrected chi connectivity index (χ3v) is 4.84. The molecule has 1 aromatic rings. The molecule has 0 unspecified atom stereocenters. The molecule has 0 bridgehead atoms. The van der Waals surface area contributed by atoms with E-state index in [2.05, 4.69) is 54.8 Å². The van der Waals surface area contributed by atoms with Gasteiger partial charge in [-0.25, -0.2) is 0 Å². The number of nitrogens with zero attached hydrogens (tertiary/aromatic N) is 1. The summed E-state index contributed by atoms with van der Waals surface area (Å²) >= 11 is 1.84. The van der Waals surface area contributed by atoms with E-state index in [0.717, 1.165) is 44.2 Å². The van der Waals surface area contributed by atoms with Gasteiger partial charge in [0.25, 0.3) is 0 Å². The van der Waals surface area contributed by atoms with Crippen LogP contribution in [0.4, 0.5) is 0 Å². The van der Waals surface area contributed by atoms with E-state index < -0.39 is 0 Å². The predicted octanol–water partition coefficient (Wildman–Crippen LogP) is 3.94. The number of rotatable bonds is 9. The first-order valence-electron chi connectivity index (χ1n) is 8.21. The van der Waals surface area contributed by atoms with E-state index in [-0.39, 0.29) is 28.7 Å². The van der Waals surface area contributed by atoms with Crippen molar-refractivity contribution in [1.29, 1.82) is 0 Å². The molecule has 138 valence electrons. The van der Waals surface area contributed by atoms with Crippen molar-refractivity contribution in [2.45, 2.75) is 38.4 Å². The summed E-state index contributed by atoms with van der Waals surface area (Å²) in [5.41, 5.74) is 1.33. The Morgan fingerprint density at radius 3 is 2.42 bits per heavy atom. The van der Waals surface area contributed by atoms with Gasteiger partial charge in [0.1, 0.15) is 5.75 Å². The fourth-order valence-corrected chi connectivity index (χ4v) is 2.16. The summed E-state index contributed by atoms with van der Waals surface area (Å²) in [4.78, 5) is 4.68. The largest absolute Gasteiger partial charge is 0.497 e. The molecule has 1 aromatic carbocycles. The van der Waals surface area contributed by atoms with Crippen molar-refractivity contribution in [3.63, 3.8) is 0 Å². The second-order valence-corrected chi connectivity index (χ2v) is 7.55. The van der Waals surface area contributed by atoms with Crippen LogP contribution in [-0.2, 0) is 6.42 Å². The lowest BCUT2D eigenvalue weighted by atomic mass is 10.1. The predicted molar refractivity (Wildman–Crippen MR) is 118 cm³/mol. The molecule has 0 aliphatic carbocycles. The van der Waals surface area contributed by atoms with Crippen molar-refractivity contribution in [2.24, 2.45) is 4.99 Å². The monoisotopic (exact) mass is 465 g/mol. The number of aryl methyl sites for hydroxylation is 1. The number of benzene rings is 1. The van der Waals surface area contributed by atoms with Gasteiger partial charge in [-0.3, -0.25) is 4.99 Å². The summed E-state index contributed by atoms with van der Waals surface area (Å²) in [7, 11) is 1.69. The number of thioether (sulfide) groups is 1. The van der Waals surface area contributed by atoms with Gasteiger partial charge in [-0.15, -0.1) is 24.0 Å². The minimum Gasteiger partial charge on any atom is -0.497 e. The molecule has 0 saturated carbocycles. The van der Waals surface area contributed by atoms with E-state index in [1.165, 1.54) is 5.56 Å². The van der Waals surface area contributed by atoms with Gasteiger partial charge in [0.05, 0.1) is 13.7 Å². The molecule has 0 amide bonds. The standard InChI is InChI=1S/C18H31N3OS.HI/c1-6-19-17(21-14-18(2,3)23-5)20-13-7-8-15-9-11-16(22-4)12-10-15;/h9-12H,6-8,13-14H2,1-5H3,(H2,19,20,21);1H. The van der Waals surface area contributed by atoms with E-state index >= 15 is 0 Å². The first-order valence-corrected chi connectivity index (χ1v) is 9.43. The highest BCUT2D eigenvalue weighted by molar-refractivity contribution is 14.0. The van der Waals surface area contributed by atoms with Crippen molar-refractivity contribution in [1.82, 2.24) is 10.6 Å². The molecule has 0 aromatic heterocycles. The Hall–Kier alpha value is -0.630. The lowest BCUT2D eigenvalue weighted by Crippen LogP contribution is -2.39. The highest BCUT2D eigenvalue weighted by Gasteiger charge is 2.15. The highest BCUT2D eigenvalue weighted by Crippen LogP contribution is 2.20. The van der Waals surface area contributed by atoms with Gasteiger partial charge >= 0.3 is 0 Å². The van der Waals surface area contributed by atoms with E-state index in [1.54, 1.807) is 7.11 Å². The third-order valence-electron chi connectivity index (χ3n) is 3.61. The summed E-state index contributed by atoms with van der Waals surface area (Å²) in [6.45, 7) is 9.13. The van der Waals surface area contributed by atoms with Crippen molar-refractivity contribution in [2.75, 3.05) is 33.0 Å². The minimum atomic E-state index is 0. The normalized spacial score (nSPS) is 11.6. The number of guanidine groups is 1. The molecule has 1 rings (SSSR count). The van der Waals surface area contributed by atoms with E-state index in [4.69, 9.17) is 4.74 Å². The van der Waals surface area contributed by atoms with Crippen LogP contribution < -0.4 is 15.4 Å². The lowest BCUT2D eigenvalue weighted by Gasteiger charge is -2.20. The molecule has 0 aliphatic rings. The summed E-state index contributed by atoms with van der Waals surface area (Å²) in [5, 5.41) is 6.72. The van der Waals surface area contributed by atoms with Gasteiger partial charge < -0.3 is 15.4 Å². The summed E-state index contributed by atoms with van der Waals surface area (Å²) in [6.07, 6.45) is 4.25. The average molecular weight is 465 g/mol. The second-order valence-electron chi connectivity index (χ2n) is 6.04. The Labute approximate surface area is 168 Å². The molecular weight excluding hydrogens is 433 g/mol. The summed E-state index contributed by atoms with van der Waals surface area (Å²) in [5.74, 6) is 1.81. The molecule has 0 fully saturated rings. The Kier molecular flexibility index (Phi) is 12.4. The zero-order valence-electron chi connectivity index (χ0n) is 15.5. The number of ether oxygens (including phenoxy) is 1. The van der Waals surface area contributed by atoms with Crippen LogP contribution in [0.1, 0.15) is 32.8 Å². The topological polar surface area (TPSA) is 45.7 Å². The molecule has 0 aliphatic heterocycles. The van der Waals surface area contributed by atoms with Crippen LogP contribution in [0.5, 0.6) is 5.75 Å². The smallest absolute Gasteiger partial charge is 0.191 e. The van der Waals surface area contributed by atoms with Gasteiger partial charge in [-0.2, -0.15) is 11.8 Å². The zero-order valence-corrected chi connectivity index (χ0v) is 18.7. The molecule has 4 nitrogen and oxygen atoms in total. The van der Waals surface area contributed by atoms with Crippen molar-refractivity contribution in [3.8, 4) is 5.75 Å².